The highest BCUT2D eigenvalue weighted by molar-refractivity contribution is 6.12. The number of hydrogen-bond donors (Lipinski definition) is 0. The largest absolute Gasteiger partial charge is 0.457 e. The van der Waals surface area contributed by atoms with Gasteiger partial charge < -0.3 is 4.74 Å². The molecule has 6 aromatic heterocycles. The molecule has 0 unspecified atom stereocenters. The van der Waals surface area contributed by atoms with E-state index in [9.17, 15) is 0 Å². The topological polar surface area (TPSA) is 69.6 Å². The molecule has 0 aliphatic heterocycles. The molecule has 0 saturated heterocycles. The molecule has 0 saturated carbocycles. The van der Waals surface area contributed by atoms with E-state index >= 15 is 0 Å². The zero-order valence-corrected chi connectivity index (χ0v) is 23.5. The van der Waals surface area contributed by atoms with Gasteiger partial charge in [-0.2, -0.15) is 0 Å². The second-order valence-electron chi connectivity index (χ2n) is 10.9. The fourth-order valence-electron chi connectivity index (χ4n) is 6.26. The Morgan fingerprint density at radius 3 is 2.19 bits per heavy atom. The molecule has 0 N–H and O–H groups in total. The molecule has 9 aromatic rings. The fraction of sp³-hybridized carbons (Fsp3) is 0.0556. The first-order valence-corrected chi connectivity index (χ1v) is 14.2. The highest BCUT2D eigenvalue weighted by atomic mass is 16.5. The Labute approximate surface area is 245 Å². The smallest absolute Gasteiger partial charge is 0.146 e. The molecule has 0 spiro atoms. The van der Waals surface area contributed by atoms with E-state index in [0.717, 1.165) is 89.1 Å². The molecule has 0 bridgehead atoms. The van der Waals surface area contributed by atoms with Gasteiger partial charge in [0.2, 0.25) is 0 Å². The highest BCUT2D eigenvalue weighted by Crippen LogP contribution is 2.36. The summed E-state index contributed by atoms with van der Waals surface area (Å²) in [6, 6.07) is 30.7. The summed E-state index contributed by atoms with van der Waals surface area (Å²) in [6.07, 6.45) is 5.75. The maximum Gasteiger partial charge on any atom is 0.146 e. The quantitative estimate of drug-likeness (QED) is 0.204. The van der Waals surface area contributed by atoms with Crippen LogP contribution in [-0.4, -0.2) is 28.7 Å². The minimum atomic E-state index is 0.725. The first-order valence-electron chi connectivity index (χ1n) is 14.2. The van der Waals surface area contributed by atoms with Crippen molar-refractivity contribution in [2.75, 3.05) is 0 Å². The minimum absolute atomic E-state index is 0.725. The van der Waals surface area contributed by atoms with Crippen LogP contribution in [0, 0.1) is 13.8 Å². The summed E-state index contributed by atoms with van der Waals surface area (Å²) in [5.74, 6) is 1.46. The first-order chi connectivity index (χ1) is 21.1. The van der Waals surface area contributed by atoms with E-state index in [4.69, 9.17) is 24.7 Å². The van der Waals surface area contributed by atoms with Crippen molar-refractivity contribution in [3.05, 3.63) is 121 Å². The summed E-state index contributed by atoms with van der Waals surface area (Å²) in [5, 5.41) is 5.21. The number of nitrogens with zero attached hydrogens (tertiary/aromatic N) is 6. The summed E-state index contributed by atoms with van der Waals surface area (Å²) < 4.78 is 10.8. The molecule has 6 heterocycles. The Morgan fingerprint density at radius 2 is 1.35 bits per heavy atom. The van der Waals surface area contributed by atoms with Crippen molar-refractivity contribution >= 4 is 54.9 Å². The average molecular weight is 557 g/mol. The average Bonchev–Trinajstić information content (AvgIpc) is 3.64. The molecule has 0 atom stereocenters. The molecule has 0 radical (unpaired) electrons. The highest BCUT2D eigenvalue weighted by Gasteiger charge is 2.17. The Balaban J connectivity index is 1.23. The number of rotatable bonds is 3. The molecule has 0 amide bonds. The maximum absolute atomic E-state index is 6.53. The van der Waals surface area contributed by atoms with Crippen molar-refractivity contribution < 1.29 is 4.74 Å². The maximum atomic E-state index is 6.53. The van der Waals surface area contributed by atoms with Crippen molar-refractivity contribution in [3.8, 4) is 22.8 Å². The lowest BCUT2D eigenvalue weighted by Gasteiger charge is -2.12. The molecule has 3 aromatic carbocycles. The molecule has 0 fully saturated rings. The van der Waals surface area contributed by atoms with Crippen molar-refractivity contribution in [2.24, 2.45) is 0 Å². The van der Waals surface area contributed by atoms with Gasteiger partial charge in [0.05, 0.1) is 22.4 Å². The number of aromatic nitrogens is 6. The predicted molar refractivity (Wildman–Crippen MR) is 171 cm³/mol. The van der Waals surface area contributed by atoms with Crippen LogP contribution in [0.15, 0.2) is 110 Å². The molecular weight excluding hydrogens is 532 g/mol. The number of fused-ring (bicyclic) bond motifs is 12. The molecule has 9 rings (SSSR count). The Hall–Kier alpha value is -5.82. The van der Waals surface area contributed by atoms with Gasteiger partial charge in [0.15, 0.2) is 0 Å². The van der Waals surface area contributed by atoms with Gasteiger partial charge in [-0.3, -0.25) is 13.8 Å². The van der Waals surface area contributed by atoms with E-state index in [2.05, 4.69) is 70.5 Å². The summed E-state index contributed by atoms with van der Waals surface area (Å²) in [4.78, 5) is 19.5. The Kier molecular flexibility index (Phi) is 4.90. The molecule has 0 aliphatic carbocycles. The zero-order chi connectivity index (χ0) is 28.7. The van der Waals surface area contributed by atoms with E-state index in [1.165, 1.54) is 0 Å². The number of hydrogen-bond acceptors (Lipinski definition) is 5. The van der Waals surface area contributed by atoms with Crippen LogP contribution in [0.2, 0.25) is 0 Å². The number of aryl methyl sites for hydroxylation is 2. The second kappa shape index (κ2) is 8.84. The molecule has 7 nitrogen and oxygen atoms in total. The van der Waals surface area contributed by atoms with E-state index in [1.807, 2.05) is 61.8 Å². The van der Waals surface area contributed by atoms with Gasteiger partial charge in [0, 0.05) is 51.4 Å². The molecule has 43 heavy (non-hydrogen) atoms. The lowest BCUT2D eigenvalue weighted by atomic mass is 10.1. The summed E-state index contributed by atoms with van der Waals surface area (Å²) in [6.45, 7) is 4.12. The third-order valence-corrected chi connectivity index (χ3v) is 8.41. The standard InChI is InChI=1S/C36H24N6O/c1-21-22(2)42-34-28(10-6-17-38-34)26-14-12-24(18-29(26)36(42)39-21)43-25-13-15-27-30(19-25)35-40-31(23-8-4-3-5-9-23)20-41(35)32-11-7-16-37-33(27)32/h3-20H,1-2H3. The molecule has 204 valence electrons. The summed E-state index contributed by atoms with van der Waals surface area (Å²) in [7, 11) is 0. The number of imidazole rings is 2. The molecule has 0 aliphatic rings. The third kappa shape index (κ3) is 3.48. The van der Waals surface area contributed by atoms with Gasteiger partial charge in [-0.05, 0) is 79.9 Å². The van der Waals surface area contributed by atoms with Gasteiger partial charge >= 0.3 is 0 Å². The lowest BCUT2D eigenvalue weighted by Crippen LogP contribution is -1.96. The van der Waals surface area contributed by atoms with Crippen LogP contribution >= 0.6 is 0 Å². The van der Waals surface area contributed by atoms with Gasteiger partial charge in [0.1, 0.15) is 28.4 Å². The van der Waals surface area contributed by atoms with Crippen molar-refractivity contribution in [1.82, 2.24) is 28.7 Å². The van der Waals surface area contributed by atoms with Crippen molar-refractivity contribution in [1.29, 1.82) is 0 Å². The normalized spacial score (nSPS) is 12.0. The van der Waals surface area contributed by atoms with E-state index in [1.54, 1.807) is 0 Å². The van der Waals surface area contributed by atoms with Gasteiger partial charge in [-0.1, -0.05) is 30.3 Å². The van der Waals surface area contributed by atoms with Gasteiger partial charge in [0.25, 0.3) is 0 Å². The monoisotopic (exact) mass is 556 g/mol. The Bertz CT molecular complexity index is 2560. The number of ether oxygens (including phenoxy) is 1. The van der Waals surface area contributed by atoms with Crippen molar-refractivity contribution in [2.45, 2.75) is 13.8 Å². The molecular formula is C36H24N6O. The zero-order valence-electron chi connectivity index (χ0n) is 23.5. The van der Waals surface area contributed by atoms with Gasteiger partial charge in [-0.25, -0.2) is 15.0 Å². The van der Waals surface area contributed by atoms with Crippen LogP contribution in [0.4, 0.5) is 0 Å². The van der Waals surface area contributed by atoms with Crippen molar-refractivity contribution in [3.63, 3.8) is 0 Å². The second-order valence-corrected chi connectivity index (χ2v) is 10.9. The first kappa shape index (κ1) is 23.8. The number of pyridine rings is 4. The lowest BCUT2D eigenvalue weighted by molar-refractivity contribution is 0.484. The Morgan fingerprint density at radius 1 is 0.605 bits per heavy atom. The predicted octanol–water partition coefficient (Wildman–Crippen LogP) is 8.46. The van der Waals surface area contributed by atoms with E-state index in [0.29, 0.717) is 0 Å². The van der Waals surface area contributed by atoms with Crippen LogP contribution in [0.25, 0.3) is 66.2 Å². The molecule has 7 heteroatoms. The number of benzene rings is 3. The minimum Gasteiger partial charge on any atom is -0.457 e. The fourth-order valence-corrected chi connectivity index (χ4v) is 6.26. The van der Waals surface area contributed by atoms with Crippen LogP contribution in [0.1, 0.15) is 11.4 Å². The summed E-state index contributed by atoms with van der Waals surface area (Å²) >= 11 is 0. The van der Waals surface area contributed by atoms with Gasteiger partial charge in [-0.15, -0.1) is 0 Å². The summed E-state index contributed by atoms with van der Waals surface area (Å²) in [5.41, 5.74) is 8.64. The van der Waals surface area contributed by atoms with Crippen LogP contribution in [0.5, 0.6) is 11.5 Å². The SMILES string of the molecule is Cc1nc2c3cc(Oc4ccc5c(c4)c4nc(-c6ccccc6)cn4c4cccnc54)ccc3c3cccnc3n2c1C. The van der Waals surface area contributed by atoms with E-state index < -0.39 is 0 Å². The van der Waals surface area contributed by atoms with E-state index in [-0.39, 0.29) is 0 Å². The van der Waals surface area contributed by atoms with Crippen LogP contribution < -0.4 is 4.74 Å². The third-order valence-electron chi connectivity index (χ3n) is 8.41. The van der Waals surface area contributed by atoms with Crippen LogP contribution in [0.3, 0.4) is 0 Å². The van der Waals surface area contributed by atoms with Crippen LogP contribution in [-0.2, 0) is 0 Å².